The number of carbonyl (C=O) groups is 1. The first-order chi connectivity index (χ1) is 15.7. The number of ether oxygens (including phenoxy) is 2. The summed E-state index contributed by atoms with van der Waals surface area (Å²) < 4.78 is 29.7. The van der Waals surface area contributed by atoms with Crippen LogP contribution in [0, 0.1) is 5.92 Å². The van der Waals surface area contributed by atoms with Gasteiger partial charge in [0.25, 0.3) is 0 Å². The van der Waals surface area contributed by atoms with E-state index in [1.807, 2.05) is 25.1 Å². The van der Waals surface area contributed by atoms with Crippen LogP contribution < -0.4 is 9.64 Å². The van der Waals surface area contributed by atoms with Gasteiger partial charge in [-0.15, -0.1) is 5.10 Å². The molecule has 0 aliphatic carbocycles. The normalized spacial score (nSPS) is 23.6. The number of carbonyl (C=O) groups excluding carboxylic acids is 1. The molecule has 1 amide bonds. The van der Waals surface area contributed by atoms with Gasteiger partial charge in [0, 0.05) is 68.6 Å². The van der Waals surface area contributed by atoms with Crippen LogP contribution in [0.3, 0.4) is 0 Å². The van der Waals surface area contributed by atoms with E-state index < -0.39 is 8.41 Å². The fraction of sp³-hybridized carbons (Fsp3) is 0.609. The zero-order valence-electron chi connectivity index (χ0n) is 19.7. The van der Waals surface area contributed by atoms with E-state index in [9.17, 15) is 4.79 Å². The third kappa shape index (κ3) is 4.83. The number of hydrogen-bond acceptors (Lipinski definition) is 6. The number of rotatable bonds is 9. The maximum absolute atomic E-state index is 15.6. The summed E-state index contributed by atoms with van der Waals surface area (Å²) in [7, 11) is -1.44. The van der Waals surface area contributed by atoms with Crippen LogP contribution in [0.1, 0.15) is 37.1 Å². The Balaban J connectivity index is 1.57. The number of nitrogens with zero attached hydrogens (tertiary/aromatic N) is 4. The number of aliphatic hydroxyl groups is 1. The number of anilines is 1. The van der Waals surface area contributed by atoms with Crippen LogP contribution in [0.15, 0.2) is 24.4 Å². The Labute approximate surface area is 194 Å². The van der Waals surface area contributed by atoms with Crippen molar-refractivity contribution in [1.82, 2.24) is 15.0 Å². The van der Waals surface area contributed by atoms with Gasteiger partial charge in [-0.1, -0.05) is 12.1 Å². The topological polar surface area (TPSA) is 89.7 Å². The van der Waals surface area contributed by atoms with Gasteiger partial charge in [-0.05, 0) is 37.7 Å². The van der Waals surface area contributed by atoms with Crippen LogP contribution >= 0.6 is 0 Å². The van der Waals surface area contributed by atoms with E-state index in [-0.39, 0.29) is 36.2 Å². The summed E-state index contributed by atoms with van der Waals surface area (Å²) in [6.07, 6.45) is 2.80. The Hall–Kier alpha value is -2.30. The van der Waals surface area contributed by atoms with Gasteiger partial charge in [-0.2, -0.15) is 0 Å². The van der Waals surface area contributed by atoms with Gasteiger partial charge in [0.05, 0.1) is 11.8 Å². The number of methoxy groups -OCH3 is 1. The Bertz CT molecular complexity index is 995. The van der Waals surface area contributed by atoms with E-state index in [0.29, 0.717) is 31.6 Å². The Morgan fingerprint density at radius 3 is 2.79 bits per heavy atom. The summed E-state index contributed by atoms with van der Waals surface area (Å²) in [5.74, 6) is 0.737. The predicted molar refractivity (Wildman–Crippen MR) is 125 cm³/mol. The third-order valence-electron chi connectivity index (χ3n) is 6.88. The summed E-state index contributed by atoms with van der Waals surface area (Å²) in [5, 5.41) is 17.3. The molecule has 1 unspecified atom stereocenters. The van der Waals surface area contributed by atoms with Crippen molar-refractivity contribution >= 4 is 20.0 Å². The molecule has 0 spiro atoms. The largest absolute Gasteiger partial charge is 0.490 e. The molecule has 2 aromatic rings. The van der Waals surface area contributed by atoms with Crippen LogP contribution in [-0.4, -0.2) is 60.8 Å². The number of benzene rings is 1. The number of aryl methyl sites for hydroxylation is 1. The minimum Gasteiger partial charge on any atom is -0.490 e. The maximum Gasteiger partial charge on any atom is 0.247 e. The van der Waals surface area contributed by atoms with Gasteiger partial charge in [-0.25, -0.2) is 0 Å². The van der Waals surface area contributed by atoms with Gasteiger partial charge in [0.15, 0.2) is 0 Å². The van der Waals surface area contributed by atoms with E-state index >= 15 is 4.11 Å². The van der Waals surface area contributed by atoms with E-state index in [4.69, 9.17) is 14.6 Å². The molecule has 2 aliphatic rings. The molecule has 1 aromatic carbocycles. The standard InChI is InChI=1S/C23H33FN4O4Si/c1-15-22(31-2)18-13-17(28-11-8-21(28)30)5-6-19(18)32-23(15)20(33(3,4)24)7-10-27-14-16(9-12-29)25-26-27/h5-6,13-15,20,22-23,29H,7-12H2,1-4H3/t15-,20?,22-,23-/m1/s1. The molecule has 4 atom stereocenters. The molecule has 10 heteroatoms. The molecular weight excluding hydrogens is 443 g/mol. The van der Waals surface area contributed by atoms with Gasteiger partial charge in [-0.3, -0.25) is 9.48 Å². The second-order valence-corrected chi connectivity index (χ2v) is 13.4. The highest BCUT2D eigenvalue weighted by molar-refractivity contribution is 6.72. The van der Waals surface area contributed by atoms with Gasteiger partial charge in [0.1, 0.15) is 11.9 Å². The van der Waals surface area contributed by atoms with Crippen LogP contribution in [0.25, 0.3) is 0 Å². The van der Waals surface area contributed by atoms with Crippen LogP contribution in [-0.2, 0) is 22.5 Å². The van der Waals surface area contributed by atoms with Crippen LogP contribution in [0.5, 0.6) is 5.75 Å². The highest BCUT2D eigenvalue weighted by Crippen LogP contribution is 2.48. The monoisotopic (exact) mass is 476 g/mol. The van der Waals surface area contributed by atoms with E-state index in [1.54, 1.807) is 36.0 Å². The SMILES string of the molecule is CO[C@H]1c2cc(N3CCC3=O)ccc2O[C@@H](C(CCn2cc(CCO)nn2)[Si](C)(C)F)[C@@H]1C. The zero-order valence-corrected chi connectivity index (χ0v) is 20.7. The molecular formula is C23H33FN4O4Si. The summed E-state index contributed by atoms with van der Waals surface area (Å²) in [6.45, 7) is 6.76. The lowest BCUT2D eigenvalue weighted by molar-refractivity contribution is -0.122. The Morgan fingerprint density at radius 1 is 1.39 bits per heavy atom. The molecule has 1 saturated heterocycles. The number of hydrogen-bond donors (Lipinski definition) is 1. The molecule has 0 saturated carbocycles. The van der Waals surface area contributed by atoms with Crippen molar-refractivity contribution in [2.24, 2.45) is 5.92 Å². The molecule has 8 nitrogen and oxygen atoms in total. The van der Waals surface area contributed by atoms with Crippen molar-refractivity contribution in [3.8, 4) is 5.75 Å². The minimum absolute atomic E-state index is 0.0185. The van der Waals surface area contributed by atoms with Gasteiger partial charge >= 0.3 is 0 Å². The lowest BCUT2D eigenvalue weighted by Crippen LogP contribution is -2.46. The van der Waals surface area contributed by atoms with Crippen LogP contribution in [0.4, 0.5) is 9.80 Å². The number of amides is 1. The Morgan fingerprint density at radius 2 is 2.18 bits per heavy atom. The van der Waals surface area contributed by atoms with Crippen molar-refractivity contribution in [2.75, 3.05) is 25.2 Å². The maximum atomic E-state index is 15.6. The first-order valence-electron chi connectivity index (χ1n) is 11.6. The fourth-order valence-corrected chi connectivity index (χ4v) is 6.94. The quantitative estimate of drug-likeness (QED) is 0.339. The highest BCUT2D eigenvalue weighted by atomic mass is 28.4. The van der Waals surface area contributed by atoms with Crippen LogP contribution in [0.2, 0.25) is 18.6 Å². The average molecular weight is 477 g/mol. The molecule has 33 heavy (non-hydrogen) atoms. The summed E-state index contributed by atoms with van der Waals surface area (Å²) in [5.41, 5.74) is 2.20. The average Bonchev–Trinajstić information content (AvgIpc) is 3.20. The highest BCUT2D eigenvalue weighted by Gasteiger charge is 2.47. The number of aromatic nitrogens is 3. The van der Waals surface area contributed by atoms with Gasteiger partial charge < -0.3 is 23.6 Å². The second kappa shape index (κ2) is 9.52. The van der Waals surface area contributed by atoms with Crippen molar-refractivity contribution in [1.29, 1.82) is 0 Å². The zero-order chi connectivity index (χ0) is 23.8. The summed E-state index contributed by atoms with van der Waals surface area (Å²) in [6, 6.07) is 5.74. The van der Waals surface area contributed by atoms with Crippen molar-refractivity contribution in [3.63, 3.8) is 0 Å². The van der Waals surface area contributed by atoms with Crippen molar-refractivity contribution in [3.05, 3.63) is 35.7 Å². The lowest BCUT2D eigenvalue weighted by Gasteiger charge is -2.43. The van der Waals surface area contributed by atoms with E-state index in [1.165, 1.54) is 0 Å². The first kappa shape index (κ1) is 23.8. The fourth-order valence-electron chi connectivity index (χ4n) is 4.97. The van der Waals surface area contributed by atoms with E-state index in [2.05, 4.69) is 10.3 Å². The second-order valence-electron chi connectivity index (χ2n) is 9.52. The molecule has 3 heterocycles. The smallest absolute Gasteiger partial charge is 0.247 e. The van der Waals surface area contributed by atoms with Crippen molar-refractivity contribution in [2.45, 2.75) is 63.6 Å². The molecule has 4 rings (SSSR count). The molecule has 1 fully saturated rings. The molecule has 0 bridgehead atoms. The molecule has 0 radical (unpaired) electrons. The molecule has 180 valence electrons. The van der Waals surface area contributed by atoms with Gasteiger partial charge in [0.2, 0.25) is 14.3 Å². The number of halogens is 1. The molecule has 2 aliphatic heterocycles. The minimum atomic E-state index is -3.11. The molecule has 1 aromatic heterocycles. The third-order valence-corrected chi connectivity index (χ3v) is 9.26. The lowest BCUT2D eigenvalue weighted by atomic mass is 9.86. The summed E-state index contributed by atoms with van der Waals surface area (Å²) >= 11 is 0. The Kier molecular flexibility index (Phi) is 6.87. The molecule has 1 N–H and O–H groups in total. The van der Waals surface area contributed by atoms with E-state index in [0.717, 1.165) is 23.5 Å². The number of aliphatic hydroxyl groups excluding tert-OH is 1. The summed E-state index contributed by atoms with van der Waals surface area (Å²) in [4.78, 5) is 13.7. The number of β-lactam (4-membered cyclic amide) rings is 1. The predicted octanol–water partition coefficient (Wildman–Crippen LogP) is 3.27. The van der Waals surface area contributed by atoms with Crippen molar-refractivity contribution < 1.29 is 23.5 Å². The number of fused-ring (bicyclic) bond motifs is 1. The first-order valence-corrected chi connectivity index (χ1v) is 14.5.